The molecule has 0 amide bonds. The molecule has 0 saturated heterocycles. The van der Waals surface area contributed by atoms with E-state index in [2.05, 4.69) is 53.3 Å². The second kappa shape index (κ2) is 4.90. The summed E-state index contributed by atoms with van der Waals surface area (Å²) in [5.74, 6) is 1.01. The van der Waals surface area contributed by atoms with Crippen LogP contribution in [0.2, 0.25) is 0 Å². The van der Waals surface area contributed by atoms with Crippen LogP contribution in [0.4, 0.5) is 5.82 Å². The first-order valence-electron chi connectivity index (χ1n) is 6.14. The number of nitrogens with zero attached hydrogens (tertiary/aromatic N) is 3. The zero-order valence-corrected chi connectivity index (χ0v) is 12.8. The molecule has 0 aliphatic rings. The number of hydrogen-bond acceptors (Lipinski definition) is 5. The van der Waals surface area contributed by atoms with Crippen LogP contribution in [0.25, 0.3) is 10.2 Å². The summed E-state index contributed by atoms with van der Waals surface area (Å²) >= 11 is 3.54. The minimum atomic E-state index is 0.318. The van der Waals surface area contributed by atoms with Crippen molar-refractivity contribution in [1.82, 2.24) is 9.97 Å². The Morgan fingerprint density at radius 2 is 2.05 bits per heavy atom. The van der Waals surface area contributed by atoms with Crippen LogP contribution < -0.4 is 4.90 Å². The predicted molar refractivity (Wildman–Crippen MR) is 83.3 cm³/mol. The Morgan fingerprint density at radius 3 is 2.79 bits per heavy atom. The first-order chi connectivity index (χ1) is 9.16. The lowest BCUT2D eigenvalue weighted by Crippen LogP contribution is -2.22. The number of aryl methyl sites for hydroxylation is 1. The van der Waals surface area contributed by atoms with Crippen molar-refractivity contribution in [3.8, 4) is 0 Å². The molecular formula is C14H15N3S2. The summed E-state index contributed by atoms with van der Waals surface area (Å²) in [6.07, 6.45) is 1.65. The van der Waals surface area contributed by atoms with E-state index < -0.39 is 0 Å². The summed E-state index contributed by atoms with van der Waals surface area (Å²) in [5, 5.41) is 2.07. The quantitative estimate of drug-likeness (QED) is 0.721. The average Bonchev–Trinajstić information content (AvgIpc) is 3.04. The minimum Gasteiger partial charge on any atom is -0.351 e. The Hall–Kier alpha value is -1.46. The van der Waals surface area contributed by atoms with E-state index in [0.29, 0.717) is 6.04 Å². The lowest BCUT2D eigenvalue weighted by atomic mass is 10.2. The molecule has 3 aromatic rings. The highest BCUT2D eigenvalue weighted by Gasteiger charge is 2.17. The Labute approximate surface area is 120 Å². The zero-order valence-electron chi connectivity index (χ0n) is 11.1. The molecule has 3 heterocycles. The molecule has 3 rings (SSSR count). The van der Waals surface area contributed by atoms with Crippen molar-refractivity contribution in [2.75, 3.05) is 11.9 Å². The van der Waals surface area contributed by atoms with Crippen molar-refractivity contribution in [3.63, 3.8) is 0 Å². The van der Waals surface area contributed by atoms with E-state index in [-0.39, 0.29) is 0 Å². The van der Waals surface area contributed by atoms with Crippen LogP contribution in [0.3, 0.4) is 0 Å². The van der Waals surface area contributed by atoms with Crippen molar-refractivity contribution in [1.29, 1.82) is 0 Å². The number of aromatic nitrogens is 2. The van der Waals surface area contributed by atoms with Crippen LogP contribution in [-0.4, -0.2) is 17.0 Å². The standard InChI is InChI=1S/C14H15N3S2/c1-9-4-5-12(19-9)10(2)17(3)14-13-11(6-7-18-13)15-8-16-14/h4-8,10H,1-3H3/t10-/m0/s1. The fourth-order valence-corrected chi connectivity index (χ4v) is 3.93. The van der Waals surface area contributed by atoms with Gasteiger partial charge in [-0.2, -0.15) is 0 Å². The summed E-state index contributed by atoms with van der Waals surface area (Å²) in [5.41, 5.74) is 1.02. The van der Waals surface area contributed by atoms with Gasteiger partial charge in [-0.15, -0.1) is 22.7 Å². The van der Waals surface area contributed by atoms with Gasteiger partial charge in [-0.05, 0) is 37.4 Å². The average molecular weight is 289 g/mol. The molecule has 0 aromatic carbocycles. The minimum absolute atomic E-state index is 0.318. The summed E-state index contributed by atoms with van der Waals surface area (Å²) in [6, 6.07) is 6.73. The Morgan fingerprint density at radius 1 is 1.21 bits per heavy atom. The lowest BCUT2D eigenvalue weighted by molar-refractivity contribution is 0.745. The third-order valence-electron chi connectivity index (χ3n) is 3.31. The van der Waals surface area contributed by atoms with Crippen molar-refractivity contribution < 1.29 is 0 Å². The van der Waals surface area contributed by atoms with Gasteiger partial charge in [0.1, 0.15) is 12.1 Å². The molecule has 1 atom stereocenters. The van der Waals surface area contributed by atoms with Crippen molar-refractivity contribution in [3.05, 3.63) is 39.7 Å². The van der Waals surface area contributed by atoms with Gasteiger partial charge in [-0.1, -0.05) is 0 Å². The molecule has 3 nitrogen and oxygen atoms in total. The van der Waals surface area contributed by atoms with Crippen molar-refractivity contribution in [2.45, 2.75) is 19.9 Å². The van der Waals surface area contributed by atoms with Gasteiger partial charge < -0.3 is 4.90 Å². The number of anilines is 1. The van der Waals surface area contributed by atoms with Crippen LogP contribution >= 0.6 is 22.7 Å². The first-order valence-corrected chi connectivity index (χ1v) is 7.84. The van der Waals surface area contributed by atoms with Gasteiger partial charge in [-0.25, -0.2) is 9.97 Å². The van der Waals surface area contributed by atoms with Gasteiger partial charge in [0, 0.05) is 16.8 Å². The molecule has 0 aliphatic heterocycles. The fourth-order valence-electron chi connectivity index (χ4n) is 2.08. The summed E-state index contributed by atoms with van der Waals surface area (Å²) in [4.78, 5) is 13.7. The third-order valence-corrected chi connectivity index (χ3v) is 5.38. The van der Waals surface area contributed by atoms with E-state index >= 15 is 0 Å². The Balaban J connectivity index is 1.99. The van der Waals surface area contributed by atoms with Gasteiger partial charge in [0.05, 0.1) is 16.3 Å². The first kappa shape index (κ1) is 12.6. The van der Waals surface area contributed by atoms with Crippen LogP contribution in [0.1, 0.15) is 22.7 Å². The molecule has 0 fully saturated rings. The van der Waals surface area contributed by atoms with E-state index in [1.807, 2.05) is 17.4 Å². The molecular weight excluding hydrogens is 274 g/mol. The third kappa shape index (κ3) is 2.24. The highest BCUT2D eigenvalue weighted by molar-refractivity contribution is 7.17. The molecule has 0 bridgehead atoms. The maximum atomic E-state index is 4.46. The summed E-state index contributed by atoms with van der Waals surface area (Å²) in [7, 11) is 2.10. The fraction of sp³-hybridized carbons (Fsp3) is 0.286. The number of fused-ring (bicyclic) bond motifs is 1. The maximum Gasteiger partial charge on any atom is 0.150 e. The maximum absolute atomic E-state index is 4.46. The second-order valence-corrected chi connectivity index (χ2v) is 6.80. The molecule has 19 heavy (non-hydrogen) atoms. The smallest absolute Gasteiger partial charge is 0.150 e. The van der Waals surface area contributed by atoms with Crippen LogP contribution in [-0.2, 0) is 0 Å². The summed E-state index contributed by atoms with van der Waals surface area (Å²) < 4.78 is 1.16. The van der Waals surface area contributed by atoms with E-state index in [0.717, 1.165) is 16.0 Å². The van der Waals surface area contributed by atoms with E-state index in [4.69, 9.17) is 0 Å². The molecule has 0 unspecified atom stereocenters. The largest absolute Gasteiger partial charge is 0.351 e. The molecule has 0 N–H and O–H groups in total. The number of hydrogen-bond donors (Lipinski definition) is 0. The van der Waals surface area contributed by atoms with Gasteiger partial charge >= 0.3 is 0 Å². The second-order valence-electron chi connectivity index (χ2n) is 4.57. The van der Waals surface area contributed by atoms with Crippen LogP contribution in [0, 0.1) is 6.92 Å². The van der Waals surface area contributed by atoms with Crippen molar-refractivity contribution in [2.24, 2.45) is 0 Å². The monoisotopic (exact) mass is 289 g/mol. The highest BCUT2D eigenvalue weighted by atomic mass is 32.1. The van der Waals surface area contributed by atoms with Gasteiger partial charge in [0.25, 0.3) is 0 Å². The highest BCUT2D eigenvalue weighted by Crippen LogP contribution is 2.33. The molecule has 5 heteroatoms. The van der Waals surface area contributed by atoms with Gasteiger partial charge in [-0.3, -0.25) is 0 Å². The van der Waals surface area contributed by atoms with E-state index in [1.165, 1.54) is 9.75 Å². The lowest BCUT2D eigenvalue weighted by Gasteiger charge is -2.25. The number of rotatable bonds is 3. The summed E-state index contributed by atoms with van der Waals surface area (Å²) in [6.45, 7) is 4.36. The Kier molecular flexibility index (Phi) is 3.24. The topological polar surface area (TPSA) is 29.0 Å². The van der Waals surface area contributed by atoms with E-state index in [1.54, 1.807) is 17.7 Å². The normalized spacial score (nSPS) is 12.8. The SMILES string of the molecule is Cc1ccc([C@H](C)N(C)c2ncnc3ccsc23)s1. The van der Waals surface area contributed by atoms with Crippen molar-refractivity contribution >= 4 is 38.7 Å². The van der Waals surface area contributed by atoms with Gasteiger partial charge in [0.15, 0.2) is 0 Å². The van der Waals surface area contributed by atoms with E-state index in [9.17, 15) is 0 Å². The molecule has 3 aromatic heterocycles. The molecule has 0 radical (unpaired) electrons. The van der Waals surface area contributed by atoms with Gasteiger partial charge in [0.2, 0.25) is 0 Å². The molecule has 0 spiro atoms. The van der Waals surface area contributed by atoms with Crippen LogP contribution in [0.5, 0.6) is 0 Å². The Bertz CT molecular complexity index is 701. The molecule has 0 saturated carbocycles. The predicted octanol–water partition coefficient (Wildman–Crippen LogP) is 4.26. The number of thiophene rings is 2. The van der Waals surface area contributed by atoms with Crippen LogP contribution in [0.15, 0.2) is 29.9 Å². The molecule has 98 valence electrons. The zero-order chi connectivity index (χ0) is 13.4. The molecule has 0 aliphatic carbocycles.